The summed E-state index contributed by atoms with van der Waals surface area (Å²) in [6.45, 7) is 0.382. The lowest BCUT2D eigenvalue weighted by atomic mass is 9.57. The zero-order valence-electron chi connectivity index (χ0n) is 25.4. The number of likely N-dealkylation sites (tertiary alicyclic amines) is 2. The summed E-state index contributed by atoms with van der Waals surface area (Å²) in [6.07, 6.45) is 5.56. The number of imide groups is 2. The van der Waals surface area contributed by atoms with Gasteiger partial charge >= 0.3 is 11.9 Å². The highest BCUT2D eigenvalue weighted by Gasteiger charge is 2.62. The molecule has 2 aliphatic heterocycles. The number of carboxylic acids is 2. The first-order valence-corrected chi connectivity index (χ1v) is 15.8. The number of aliphatic carboxylic acids is 2. The van der Waals surface area contributed by atoms with Crippen LogP contribution in [0.3, 0.4) is 0 Å². The number of amides is 4. The Labute approximate surface area is 261 Å². The SMILES string of the molecule is COc1cc(O)ccc1[C@H]1C2=CC[C@@H]3C(=O)N(CCCCCC(=O)O)C(=O)[C@@H]3[C@@H]2C[C@H]2C(=O)N(CCCCCC(=O)O)C(=O)[C@@H]12. The van der Waals surface area contributed by atoms with E-state index in [1.807, 2.05) is 6.08 Å². The Kier molecular flexibility index (Phi) is 9.59. The molecule has 4 aliphatic rings. The standard InChI is InChI=1S/C33H40N2O10/c1-45-24-16-18(36)10-11-20(24)27-19-12-13-21-28(32(43)34(30(21)41)14-6-2-4-8-25(37)38)22(19)17-23-29(27)33(44)35(31(23)42)15-7-3-5-9-26(39)40/h10-12,16,21-23,27-29,36H,2-9,13-15,17H2,1H3,(H,37,38)(H,39,40)/t21-,22+,23+,27+,28-,29+/m0/s1. The molecule has 0 bridgehead atoms. The Bertz CT molecular complexity index is 1420. The van der Waals surface area contributed by atoms with Crippen LogP contribution in [0.15, 0.2) is 29.8 Å². The van der Waals surface area contributed by atoms with Crippen LogP contribution < -0.4 is 4.74 Å². The van der Waals surface area contributed by atoms with Crippen molar-refractivity contribution in [1.82, 2.24) is 9.80 Å². The zero-order valence-corrected chi connectivity index (χ0v) is 25.4. The molecule has 6 atom stereocenters. The van der Waals surface area contributed by atoms with Gasteiger partial charge < -0.3 is 20.1 Å². The van der Waals surface area contributed by atoms with E-state index >= 15 is 0 Å². The van der Waals surface area contributed by atoms with Crippen molar-refractivity contribution in [2.45, 2.75) is 70.1 Å². The molecule has 2 heterocycles. The molecule has 12 nitrogen and oxygen atoms in total. The lowest BCUT2D eigenvalue weighted by Crippen LogP contribution is -2.43. The van der Waals surface area contributed by atoms with E-state index in [0.717, 1.165) is 5.57 Å². The van der Waals surface area contributed by atoms with Crippen LogP contribution in [-0.2, 0) is 28.8 Å². The Hall–Kier alpha value is -4.22. The van der Waals surface area contributed by atoms with Crippen LogP contribution >= 0.6 is 0 Å². The summed E-state index contributed by atoms with van der Waals surface area (Å²) in [6, 6.07) is 4.64. The summed E-state index contributed by atoms with van der Waals surface area (Å²) in [5.41, 5.74) is 1.45. The number of methoxy groups -OCH3 is 1. The van der Waals surface area contributed by atoms with Gasteiger partial charge in [0.2, 0.25) is 23.6 Å². The minimum absolute atomic E-state index is 0.0142. The van der Waals surface area contributed by atoms with Crippen molar-refractivity contribution in [2.75, 3.05) is 20.2 Å². The van der Waals surface area contributed by atoms with E-state index in [-0.39, 0.29) is 61.7 Å². The number of carbonyl (C=O) groups is 6. The number of unbranched alkanes of at least 4 members (excludes halogenated alkanes) is 4. The van der Waals surface area contributed by atoms with Gasteiger partial charge in [-0.15, -0.1) is 0 Å². The van der Waals surface area contributed by atoms with E-state index in [2.05, 4.69) is 0 Å². The number of allylic oxidation sites excluding steroid dienone is 2. The maximum absolute atomic E-state index is 14.0. The van der Waals surface area contributed by atoms with E-state index in [9.17, 15) is 33.9 Å². The molecule has 0 spiro atoms. The average Bonchev–Trinajstić information content (AvgIpc) is 3.39. The summed E-state index contributed by atoms with van der Waals surface area (Å²) in [5, 5.41) is 28.0. The highest BCUT2D eigenvalue weighted by Crippen LogP contribution is 2.59. The van der Waals surface area contributed by atoms with Crippen LogP contribution in [0.1, 0.15) is 75.7 Å². The highest BCUT2D eigenvalue weighted by molar-refractivity contribution is 6.08. The lowest BCUT2D eigenvalue weighted by Gasteiger charge is -2.44. The summed E-state index contributed by atoms with van der Waals surface area (Å²) in [5.74, 6) is -6.39. The van der Waals surface area contributed by atoms with Crippen LogP contribution in [0.4, 0.5) is 0 Å². The number of hydrogen-bond donors (Lipinski definition) is 3. The molecule has 1 aromatic rings. The first-order valence-electron chi connectivity index (χ1n) is 15.8. The minimum Gasteiger partial charge on any atom is -0.508 e. The van der Waals surface area contributed by atoms with Crippen LogP contribution in [-0.4, -0.2) is 80.9 Å². The monoisotopic (exact) mass is 624 g/mol. The van der Waals surface area contributed by atoms with Gasteiger partial charge in [-0.05, 0) is 50.5 Å². The van der Waals surface area contributed by atoms with E-state index < -0.39 is 47.4 Å². The van der Waals surface area contributed by atoms with Gasteiger partial charge in [-0.3, -0.25) is 38.6 Å². The smallest absolute Gasteiger partial charge is 0.303 e. The molecule has 5 rings (SSSR count). The molecule has 45 heavy (non-hydrogen) atoms. The van der Waals surface area contributed by atoms with Crippen molar-refractivity contribution < 1.29 is 48.8 Å². The van der Waals surface area contributed by atoms with Crippen molar-refractivity contribution in [3.05, 3.63) is 35.4 Å². The zero-order chi connectivity index (χ0) is 32.4. The molecule has 2 saturated heterocycles. The van der Waals surface area contributed by atoms with Gasteiger partial charge in [-0.1, -0.05) is 30.6 Å². The van der Waals surface area contributed by atoms with Gasteiger partial charge in [-0.2, -0.15) is 0 Å². The largest absolute Gasteiger partial charge is 0.508 e. The minimum atomic E-state index is -0.897. The van der Waals surface area contributed by atoms with Gasteiger partial charge in [0.15, 0.2) is 0 Å². The number of carboxylic acid groups (broad SMARTS) is 2. The third kappa shape index (κ3) is 6.19. The summed E-state index contributed by atoms with van der Waals surface area (Å²) in [7, 11) is 1.46. The Balaban J connectivity index is 1.43. The average molecular weight is 625 g/mol. The van der Waals surface area contributed by atoms with Gasteiger partial charge in [0.05, 0.1) is 30.8 Å². The Morgan fingerprint density at radius 3 is 1.93 bits per heavy atom. The second kappa shape index (κ2) is 13.4. The highest BCUT2D eigenvalue weighted by atomic mass is 16.5. The van der Waals surface area contributed by atoms with Gasteiger partial charge in [0.1, 0.15) is 11.5 Å². The van der Waals surface area contributed by atoms with Crippen LogP contribution in [0.25, 0.3) is 0 Å². The molecule has 3 N–H and O–H groups in total. The summed E-state index contributed by atoms with van der Waals surface area (Å²) >= 11 is 0. The molecule has 0 aromatic heterocycles. The number of nitrogens with zero attached hydrogens (tertiary/aromatic N) is 2. The number of carbonyl (C=O) groups excluding carboxylic acids is 4. The summed E-state index contributed by atoms with van der Waals surface area (Å²) < 4.78 is 5.62. The van der Waals surface area contributed by atoms with Crippen molar-refractivity contribution in [2.24, 2.45) is 29.6 Å². The number of hydrogen-bond acceptors (Lipinski definition) is 8. The maximum Gasteiger partial charge on any atom is 0.303 e. The summed E-state index contributed by atoms with van der Waals surface area (Å²) in [4.78, 5) is 79.5. The molecule has 0 radical (unpaired) electrons. The number of phenols is 1. The topological polar surface area (TPSA) is 179 Å². The van der Waals surface area contributed by atoms with Crippen molar-refractivity contribution in [3.8, 4) is 11.5 Å². The molecule has 0 unspecified atom stereocenters. The number of aromatic hydroxyl groups is 1. The predicted molar refractivity (Wildman–Crippen MR) is 158 cm³/mol. The third-order valence-electron chi connectivity index (χ3n) is 9.93. The van der Waals surface area contributed by atoms with Crippen molar-refractivity contribution in [3.63, 3.8) is 0 Å². The maximum atomic E-state index is 14.0. The third-order valence-corrected chi connectivity index (χ3v) is 9.93. The van der Waals surface area contributed by atoms with Crippen LogP contribution in [0, 0.1) is 29.6 Å². The fraction of sp³-hybridized carbons (Fsp3) is 0.576. The van der Waals surface area contributed by atoms with Crippen molar-refractivity contribution >= 4 is 35.6 Å². The number of ether oxygens (including phenoxy) is 1. The molecule has 1 aromatic carbocycles. The molecule has 4 amide bonds. The fourth-order valence-electron chi connectivity index (χ4n) is 7.91. The van der Waals surface area contributed by atoms with Crippen LogP contribution in [0.5, 0.6) is 11.5 Å². The quantitative estimate of drug-likeness (QED) is 0.158. The number of fused-ring (bicyclic) bond motifs is 4. The first-order chi connectivity index (χ1) is 21.5. The molecule has 1 saturated carbocycles. The fourth-order valence-corrected chi connectivity index (χ4v) is 7.91. The molecule has 242 valence electrons. The molecular weight excluding hydrogens is 584 g/mol. The second-order valence-electron chi connectivity index (χ2n) is 12.5. The van der Waals surface area contributed by atoms with Crippen molar-refractivity contribution in [1.29, 1.82) is 0 Å². The predicted octanol–water partition coefficient (Wildman–Crippen LogP) is 3.33. The van der Waals surface area contributed by atoms with Crippen LogP contribution in [0.2, 0.25) is 0 Å². The molecule has 2 aliphatic carbocycles. The van der Waals surface area contributed by atoms with Gasteiger partial charge in [-0.25, -0.2) is 0 Å². The lowest BCUT2D eigenvalue weighted by molar-refractivity contribution is -0.142. The first kappa shape index (κ1) is 32.2. The number of phenolic OH excluding ortho intramolecular Hbond substituents is 1. The Morgan fingerprint density at radius 1 is 0.778 bits per heavy atom. The second-order valence-corrected chi connectivity index (χ2v) is 12.5. The molecule has 3 fully saturated rings. The van der Waals surface area contributed by atoms with Gasteiger partial charge in [0, 0.05) is 43.5 Å². The van der Waals surface area contributed by atoms with E-state index in [1.165, 1.54) is 29.0 Å². The van der Waals surface area contributed by atoms with E-state index in [1.54, 1.807) is 6.07 Å². The van der Waals surface area contributed by atoms with E-state index in [0.29, 0.717) is 56.3 Å². The Morgan fingerprint density at radius 2 is 1.36 bits per heavy atom. The normalized spacial score (nSPS) is 27.3. The number of rotatable bonds is 14. The van der Waals surface area contributed by atoms with Gasteiger partial charge in [0.25, 0.3) is 0 Å². The molecule has 12 heteroatoms. The molecular formula is C33H40N2O10. The number of benzene rings is 1. The van der Waals surface area contributed by atoms with E-state index in [4.69, 9.17) is 14.9 Å².